The van der Waals surface area contributed by atoms with Crippen molar-refractivity contribution < 1.29 is 9.21 Å². The number of hydrogen-bond acceptors (Lipinski definition) is 5. The summed E-state index contributed by atoms with van der Waals surface area (Å²) in [5.74, 6) is 0.713. The lowest BCUT2D eigenvalue weighted by atomic mass is 10.0. The third kappa shape index (κ3) is 3.60. The van der Waals surface area contributed by atoms with E-state index < -0.39 is 0 Å². The van der Waals surface area contributed by atoms with Crippen LogP contribution in [-0.4, -0.2) is 28.7 Å². The van der Waals surface area contributed by atoms with E-state index in [-0.39, 0.29) is 24.0 Å². The Labute approximate surface area is 146 Å². The summed E-state index contributed by atoms with van der Waals surface area (Å²) in [5.41, 5.74) is 0.753. The normalized spacial score (nSPS) is 18.0. The van der Waals surface area contributed by atoms with Crippen LogP contribution in [0.1, 0.15) is 50.3 Å². The maximum atomic E-state index is 12.8. The lowest BCUT2D eigenvalue weighted by Crippen LogP contribution is -2.45. The summed E-state index contributed by atoms with van der Waals surface area (Å²) in [6.45, 7) is 6.57. The van der Waals surface area contributed by atoms with Gasteiger partial charge in [-0.25, -0.2) is 5.01 Å². The van der Waals surface area contributed by atoms with Crippen LogP contribution in [0.4, 0.5) is 0 Å². The Morgan fingerprint density at radius 3 is 2.92 bits per heavy atom. The van der Waals surface area contributed by atoms with Crippen LogP contribution >= 0.6 is 11.3 Å². The van der Waals surface area contributed by atoms with Crippen LogP contribution in [-0.2, 0) is 4.79 Å². The van der Waals surface area contributed by atoms with E-state index >= 15 is 0 Å². The van der Waals surface area contributed by atoms with Gasteiger partial charge in [-0.3, -0.25) is 4.79 Å². The van der Waals surface area contributed by atoms with E-state index in [4.69, 9.17) is 4.42 Å². The average Bonchev–Trinajstić information content (AvgIpc) is 3.32. The number of furan rings is 1. The zero-order valence-corrected chi connectivity index (χ0v) is 15.1. The van der Waals surface area contributed by atoms with Gasteiger partial charge in [-0.2, -0.15) is 5.10 Å². The molecule has 0 aliphatic carbocycles. The molecule has 0 unspecified atom stereocenters. The van der Waals surface area contributed by atoms with E-state index in [1.54, 1.807) is 22.6 Å². The van der Waals surface area contributed by atoms with E-state index in [1.807, 2.05) is 23.6 Å². The number of amides is 1. The molecule has 0 aromatic carbocycles. The van der Waals surface area contributed by atoms with E-state index in [1.165, 1.54) is 0 Å². The monoisotopic (exact) mass is 345 g/mol. The summed E-state index contributed by atoms with van der Waals surface area (Å²) in [6.07, 6.45) is 3.26. The number of nitrogens with one attached hydrogen (secondary N) is 1. The molecule has 24 heavy (non-hydrogen) atoms. The molecule has 5 nitrogen and oxygen atoms in total. The molecule has 2 aromatic heterocycles. The van der Waals surface area contributed by atoms with Crippen molar-refractivity contribution in [3.8, 4) is 0 Å². The van der Waals surface area contributed by atoms with Crippen LogP contribution in [0, 0.1) is 0 Å². The second-order valence-electron chi connectivity index (χ2n) is 6.59. The van der Waals surface area contributed by atoms with Crippen LogP contribution in [0.5, 0.6) is 0 Å². The van der Waals surface area contributed by atoms with Crippen molar-refractivity contribution in [2.24, 2.45) is 5.10 Å². The second-order valence-corrected chi connectivity index (χ2v) is 7.57. The molecular weight excluding hydrogens is 322 g/mol. The van der Waals surface area contributed by atoms with Gasteiger partial charge in [0.05, 0.1) is 18.8 Å². The highest BCUT2D eigenvalue weighted by atomic mass is 32.1. The fourth-order valence-corrected chi connectivity index (χ4v) is 3.37. The van der Waals surface area contributed by atoms with Crippen molar-refractivity contribution in [2.45, 2.75) is 45.2 Å². The maximum absolute atomic E-state index is 12.8. The molecule has 0 spiro atoms. The summed E-state index contributed by atoms with van der Waals surface area (Å²) in [6, 6.07) is 7.74. The average molecular weight is 345 g/mol. The Morgan fingerprint density at radius 1 is 1.46 bits per heavy atom. The van der Waals surface area contributed by atoms with Crippen LogP contribution in [0.15, 0.2) is 45.4 Å². The Bertz CT molecular complexity index is 705. The minimum absolute atomic E-state index is 0.0171. The van der Waals surface area contributed by atoms with E-state index in [2.05, 4.69) is 37.3 Å². The third-order valence-electron chi connectivity index (χ3n) is 4.45. The molecule has 1 amide bonds. The largest absolute Gasteiger partial charge is 0.463 e. The van der Waals surface area contributed by atoms with Crippen LogP contribution < -0.4 is 5.32 Å². The second kappa shape index (κ2) is 6.91. The number of nitrogens with zero attached hydrogens (tertiary/aromatic N) is 2. The van der Waals surface area contributed by atoms with Crippen molar-refractivity contribution in [1.82, 2.24) is 10.3 Å². The lowest BCUT2D eigenvalue weighted by molar-refractivity contribution is -0.132. The van der Waals surface area contributed by atoms with E-state index in [0.29, 0.717) is 6.42 Å². The predicted molar refractivity (Wildman–Crippen MR) is 96.1 cm³/mol. The van der Waals surface area contributed by atoms with E-state index in [0.717, 1.165) is 22.8 Å². The first kappa shape index (κ1) is 16.9. The quantitative estimate of drug-likeness (QED) is 0.866. The Kier molecular flexibility index (Phi) is 4.87. The summed E-state index contributed by atoms with van der Waals surface area (Å²) >= 11 is 1.65. The van der Waals surface area contributed by atoms with Gasteiger partial charge < -0.3 is 9.73 Å². The molecule has 2 aromatic rings. The van der Waals surface area contributed by atoms with Gasteiger partial charge >= 0.3 is 0 Å². The minimum Gasteiger partial charge on any atom is -0.463 e. The van der Waals surface area contributed by atoms with Gasteiger partial charge in [-0.15, -0.1) is 11.3 Å². The smallest absolute Gasteiger partial charge is 0.257 e. The molecule has 3 rings (SSSR count). The molecule has 0 radical (unpaired) electrons. The maximum Gasteiger partial charge on any atom is 0.257 e. The standard InChI is InChI=1S/C18H23N3O2S/c1-4-18(2,3)19-12-17(22)21-14(16-8-6-10-24-16)11-13(20-21)15-7-5-9-23-15/h5-10,14,19H,4,11-12H2,1-3H3/t14-/m1/s1. The van der Waals surface area contributed by atoms with Crippen molar-refractivity contribution in [3.63, 3.8) is 0 Å². The van der Waals surface area contributed by atoms with Crippen LogP contribution in [0.3, 0.4) is 0 Å². The van der Waals surface area contributed by atoms with Gasteiger partial charge in [0.25, 0.3) is 5.91 Å². The number of thiophene rings is 1. The topological polar surface area (TPSA) is 57.8 Å². The highest BCUT2D eigenvalue weighted by molar-refractivity contribution is 7.10. The van der Waals surface area contributed by atoms with Gasteiger partial charge in [0.1, 0.15) is 11.5 Å². The van der Waals surface area contributed by atoms with Crippen molar-refractivity contribution >= 4 is 23.0 Å². The molecule has 128 valence electrons. The number of carbonyl (C=O) groups is 1. The summed E-state index contributed by atoms with van der Waals surface area (Å²) in [5, 5.41) is 11.5. The summed E-state index contributed by atoms with van der Waals surface area (Å²) < 4.78 is 5.46. The molecule has 1 aliphatic rings. The molecule has 0 saturated heterocycles. The van der Waals surface area contributed by atoms with Crippen molar-refractivity contribution in [1.29, 1.82) is 0 Å². The molecule has 3 heterocycles. The zero-order chi connectivity index (χ0) is 17.2. The Hall–Kier alpha value is -1.92. The molecule has 0 bridgehead atoms. The summed E-state index contributed by atoms with van der Waals surface area (Å²) in [4.78, 5) is 13.9. The highest BCUT2D eigenvalue weighted by Crippen LogP contribution is 2.35. The number of carbonyl (C=O) groups excluding carboxylic acids is 1. The molecule has 1 atom stereocenters. The molecule has 1 aliphatic heterocycles. The van der Waals surface area contributed by atoms with Crippen LogP contribution in [0.25, 0.3) is 0 Å². The fraction of sp³-hybridized carbons (Fsp3) is 0.444. The molecule has 1 N–H and O–H groups in total. The first-order valence-corrected chi connectivity index (χ1v) is 9.10. The molecule has 0 fully saturated rings. The fourth-order valence-electron chi connectivity index (χ4n) is 2.56. The SMILES string of the molecule is CCC(C)(C)NCC(=O)N1N=C(c2ccco2)C[C@@H]1c1cccs1. The number of hydrazone groups is 1. The first-order valence-electron chi connectivity index (χ1n) is 8.22. The zero-order valence-electron chi connectivity index (χ0n) is 14.3. The Balaban J connectivity index is 1.79. The minimum atomic E-state index is -0.0681. The predicted octanol–water partition coefficient (Wildman–Crippen LogP) is 3.80. The van der Waals surface area contributed by atoms with Gasteiger partial charge in [0, 0.05) is 16.8 Å². The van der Waals surface area contributed by atoms with Crippen molar-refractivity contribution in [2.75, 3.05) is 6.54 Å². The van der Waals surface area contributed by atoms with Gasteiger partial charge in [0.15, 0.2) is 0 Å². The summed E-state index contributed by atoms with van der Waals surface area (Å²) in [7, 11) is 0. The van der Waals surface area contributed by atoms with Gasteiger partial charge in [-0.05, 0) is 43.8 Å². The number of rotatable bonds is 6. The molecule has 0 saturated carbocycles. The third-order valence-corrected chi connectivity index (χ3v) is 5.42. The first-order chi connectivity index (χ1) is 11.5. The Morgan fingerprint density at radius 2 is 2.29 bits per heavy atom. The highest BCUT2D eigenvalue weighted by Gasteiger charge is 2.34. The van der Waals surface area contributed by atoms with Crippen LogP contribution in [0.2, 0.25) is 0 Å². The van der Waals surface area contributed by atoms with Gasteiger partial charge in [-0.1, -0.05) is 13.0 Å². The molecule has 6 heteroatoms. The lowest BCUT2D eigenvalue weighted by Gasteiger charge is -2.26. The van der Waals surface area contributed by atoms with Crippen molar-refractivity contribution in [3.05, 3.63) is 46.5 Å². The number of hydrogen-bond donors (Lipinski definition) is 1. The van der Waals surface area contributed by atoms with Gasteiger partial charge in [0.2, 0.25) is 0 Å². The van der Waals surface area contributed by atoms with E-state index in [9.17, 15) is 4.79 Å². The molecular formula is C18H23N3O2S.